The second kappa shape index (κ2) is 8.12. The van der Waals surface area contributed by atoms with Crippen LogP contribution in [0.15, 0.2) is 48.5 Å². The van der Waals surface area contributed by atoms with Crippen molar-refractivity contribution < 1.29 is 14.3 Å². The molecule has 2 aromatic rings. The Hall–Kier alpha value is -2.70. The molecule has 0 radical (unpaired) electrons. The number of benzene rings is 2. The fourth-order valence-corrected chi connectivity index (χ4v) is 3.08. The SMILES string of the molecule is COC(CN)CC(=O)Nc1ccc(C(=O)N2CCc3ccccc32)cc1. The van der Waals surface area contributed by atoms with Gasteiger partial charge in [-0.1, -0.05) is 18.2 Å². The van der Waals surface area contributed by atoms with Crippen molar-refractivity contribution in [3.8, 4) is 0 Å². The van der Waals surface area contributed by atoms with Crippen LogP contribution in [0.4, 0.5) is 11.4 Å². The van der Waals surface area contributed by atoms with Crippen molar-refractivity contribution in [1.29, 1.82) is 0 Å². The molecule has 0 spiro atoms. The molecule has 0 aromatic heterocycles. The normalized spacial score (nSPS) is 14.0. The van der Waals surface area contributed by atoms with Gasteiger partial charge < -0.3 is 20.7 Å². The number of nitrogens with one attached hydrogen (secondary N) is 1. The highest BCUT2D eigenvalue weighted by Gasteiger charge is 2.25. The van der Waals surface area contributed by atoms with Crippen LogP contribution in [0.25, 0.3) is 0 Å². The quantitative estimate of drug-likeness (QED) is 0.834. The van der Waals surface area contributed by atoms with E-state index in [0.717, 1.165) is 12.1 Å². The standard InChI is InChI=1S/C20H23N3O3/c1-26-17(13-21)12-19(24)22-16-8-6-15(7-9-16)20(25)23-11-10-14-4-2-3-5-18(14)23/h2-9,17H,10-13,21H2,1H3,(H,22,24). The van der Waals surface area contributed by atoms with E-state index in [-0.39, 0.29) is 30.9 Å². The lowest BCUT2D eigenvalue weighted by Crippen LogP contribution is -2.29. The summed E-state index contributed by atoms with van der Waals surface area (Å²) in [6.07, 6.45) is 0.766. The van der Waals surface area contributed by atoms with Crippen LogP contribution in [-0.2, 0) is 16.0 Å². The van der Waals surface area contributed by atoms with Gasteiger partial charge in [-0.2, -0.15) is 0 Å². The molecule has 1 aliphatic heterocycles. The first-order valence-corrected chi connectivity index (χ1v) is 8.65. The molecule has 0 bridgehead atoms. The molecule has 2 amide bonds. The number of carbonyl (C=O) groups is 2. The summed E-state index contributed by atoms with van der Waals surface area (Å²) < 4.78 is 5.11. The Labute approximate surface area is 152 Å². The van der Waals surface area contributed by atoms with E-state index in [9.17, 15) is 9.59 Å². The van der Waals surface area contributed by atoms with Crippen molar-refractivity contribution in [1.82, 2.24) is 0 Å². The highest BCUT2D eigenvalue weighted by Crippen LogP contribution is 2.29. The van der Waals surface area contributed by atoms with Crippen LogP contribution < -0.4 is 16.0 Å². The first-order chi connectivity index (χ1) is 12.6. The zero-order valence-electron chi connectivity index (χ0n) is 14.8. The summed E-state index contributed by atoms with van der Waals surface area (Å²) >= 11 is 0. The van der Waals surface area contributed by atoms with Crippen molar-refractivity contribution >= 4 is 23.2 Å². The van der Waals surface area contributed by atoms with Crippen LogP contribution in [0.5, 0.6) is 0 Å². The number of hydrogen-bond donors (Lipinski definition) is 2. The topological polar surface area (TPSA) is 84.7 Å². The van der Waals surface area contributed by atoms with E-state index in [1.54, 1.807) is 29.2 Å². The van der Waals surface area contributed by atoms with Gasteiger partial charge in [-0.05, 0) is 42.3 Å². The lowest BCUT2D eigenvalue weighted by molar-refractivity contribution is -0.118. The van der Waals surface area contributed by atoms with Crippen molar-refractivity contribution in [3.05, 3.63) is 59.7 Å². The molecule has 0 saturated carbocycles. The van der Waals surface area contributed by atoms with Gasteiger partial charge in [0.1, 0.15) is 0 Å². The number of para-hydroxylation sites is 1. The molecule has 6 heteroatoms. The number of nitrogens with zero attached hydrogens (tertiary/aromatic N) is 1. The summed E-state index contributed by atoms with van der Waals surface area (Å²) in [7, 11) is 1.53. The zero-order valence-corrected chi connectivity index (χ0v) is 14.8. The smallest absolute Gasteiger partial charge is 0.258 e. The summed E-state index contributed by atoms with van der Waals surface area (Å²) in [5.41, 5.74) is 8.92. The molecule has 3 N–H and O–H groups in total. The van der Waals surface area contributed by atoms with Gasteiger partial charge >= 0.3 is 0 Å². The number of nitrogens with two attached hydrogens (primary N) is 1. The van der Waals surface area contributed by atoms with Gasteiger partial charge in [-0.3, -0.25) is 9.59 Å². The Morgan fingerprint density at radius 3 is 2.62 bits per heavy atom. The van der Waals surface area contributed by atoms with E-state index >= 15 is 0 Å². The Bertz CT molecular complexity index is 785. The van der Waals surface area contributed by atoms with E-state index in [2.05, 4.69) is 11.4 Å². The van der Waals surface area contributed by atoms with Crippen molar-refractivity contribution in [2.45, 2.75) is 18.9 Å². The third-order valence-electron chi connectivity index (χ3n) is 4.56. The number of hydrogen-bond acceptors (Lipinski definition) is 4. The van der Waals surface area contributed by atoms with E-state index in [0.29, 0.717) is 17.8 Å². The highest BCUT2D eigenvalue weighted by atomic mass is 16.5. The number of methoxy groups -OCH3 is 1. The van der Waals surface area contributed by atoms with Gasteiger partial charge in [0, 0.05) is 37.1 Å². The number of anilines is 2. The van der Waals surface area contributed by atoms with E-state index in [1.165, 1.54) is 12.7 Å². The van der Waals surface area contributed by atoms with Gasteiger partial charge in [0.25, 0.3) is 5.91 Å². The van der Waals surface area contributed by atoms with E-state index < -0.39 is 0 Å². The highest BCUT2D eigenvalue weighted by molar-refractivity contribution is 6.07. The second-order valence-electron chi connectivity index (χ2n) is 6.26. The molecule has 6 nitrogen and oxygen atoms in total. The van der Waals surface area contributed by atoms with Crippen molar-refractivity contribution in [2.24, 2.45) is 5.73 Å². The third kappa shape index (κ3) is 3.92. The number of carbonyl (C=O) groups excluding carboxylic acids is 2. The van der Waals surface area contributed by atoms with Crippen LogP contribution in [0.2, 0.25) is 0 Å². The van der Waals surface area contributed by atoms with E-state index in [4.69, 9.17) is 10.5 Å². The monoisotopic (exact) mass is 353 g/mol. The van der Waals surface area contributed by atoms with Crippen molar-refractivity contribution in [3.63, 3.8) is 0 Å². The molecule has 0 aliphatic carbocycles. The van der Waals surface area contributed by atoms with Gasteiger partial charge in [0.05, 0.1) is 12.5 Å². The number of ether oxygens (including phenoxy) is 1. The zero-order chi connectivity index (χ0) is 18.5. The molecule has 0 fully saturated rings. The number of rotatable bonds is 6. The predicted octanol–water partition coefficient (Wildman–Crippen LogP) is 2.19. The fraction of sp³-hybridized carbons (Fsp3) is 0.300. The molecule has 136 valence electrons. The molecule has 26 heavy (non-hydrogen) atoms. The summed E-state index contributed by atoms with van der Waals surface area (Å²) in [5.74, 6) is -0.203. The Kier molecular flexibility index (Phi) is 5.65. The summed E-state index contributed by atoms with van der Waals surface area (Å²) in [6.45, 7) is 0.975. The average molecular weight is 353 g/mol. The molecular formula is C20H23N3O3. The second-order valence-corrected chi connectivity index (χ2v) is 6.26. The Morgan fingerprint density at radius 1 is 1.19 bits per heavy atom. The summed E-state index contributed by atoms with van der Waals surface area (Å²) in [6, 6.07) is 14.9. The van der Waals surface area contributed by atoms with Crippen LogP contribution in [-0.4, -0.2) is 38.1 Å². The fourth-order valence-electron chi connectivity index (χ4n) is 3.08. The summed E-state index contributed by atoms with van der Waals surface area (Å²) in [4.78, 5) is 26.6. The van der Waals surface area contributed by atoms with Gasteiger partial charge in [-0.15, -0.1) is 0 Å². The summed E-state index contributed by atoms with van der Waals surface area (Å²) in [5, 5.41) is 2.79. The Morgan fingerprint density at radius 2 is 1.92 bits per heavy atom. The third-order valence-corrected chi connectivity index (χ3v) is 4.56. The minimum atomic E-state index is -0.300. The lowest BCUT2D eigenvalue weighted by atomic mass is 10.1. The maximum atomic E-state index is 12.8. The molecule has 1 heterocycles. The number of amides is 2. The largest absolute Gasteiger partial charge is 0.380 e. The molecular weight excluding hydrogens is 330 g/mol. The average Bonchev–Trinajstić information content (AvgIpc) is 3.10. The minimum absolute atomic E-state index is 0.0320. The van der Waals surface area contributed by atoms with Gasteiger partial charge in [0.15, 0.2) is 0 Å². The van der Waals surface area contributed by atoms with Crippen LogP contribution in [0.3, 0.4) is 0 Å². The molecule has 3 rings (SSSR count). The van der Waals surface area contributed by atoms with Crippen LogP contribution >= 0.6 is 0 Å². The van der Waals surface area contributed by atoms with Gasteiger partial charge in [0.2, 0.25) is 5.91 Å². The van der Waals surface area contributed by atoms with Gasteiger partial charge in [-0.25, -0.2) is 0 Å². The maximum Gasteiger partial charge on any atom is 0.258 e. The molecule has 1 aliphatic rings. The maximum absolute atomic E-state index is 12.8. The Balaban J connectivity index is 1.65. The van der Waals surface area contributed by atoms with E-state index in [1.807, 2.05) is 18.2 Å². The van der Waals surface area contributed by atoms with Crippen LogP contribution in [0.1, 0.15) is 22.3 Å². The van der Waals surface area contributed by atoms with Crippen molar-refractivity contribution in [2.75, 3.05) is 30.4 Å². The molecule has 1 atom stereocenters. The predicted molar refractivity (Wildman–Crippen MR) is 101 cm³/mol. The molecule has 2 aromatic carbocycles. The number of fused-ring (bicyclic) bond motifs is 1. The minimum Gasteiger partial charge on any atom is -0.380 e. The first kappa shape index (κ1) is 18.1. The molecule has 0 saturated heterocycles. The van der Waals surface area contributed by atoms with Crippen LogP contribution in [0, 0.1) is 0 Å². The first-order valence-electron chi connectivity index (χ1n) is 8.65. The molecule has 1 unspecified atom stereocenters. The lowest BCUT2D eigenvalue weighted by Gasteiger charge is -2.17.